The minimum atomic E-state index is 0.328. The molecule has 0 aromatic carbocycles. The number of nitrogens with two attached hydrogens (primary N) is 1. The summed E-state index contributed by atoms with van der Waals surface area (Å²) in [5.41, 5.74) is 5.86. The molecule has 1 saturated heterocycles. The Kier molecular flexibility index (Phi) is 3.16. The van der Waals surface area contributed by atoms with E-state index >= 15 is 0 Å². The summed E-state index contributed by atoms with van der Waals surface area (Å²) in [6.07, 6.45) is 3.90. The van der Waals surface area contributed by atoms with Crippen LogP contribution in [0.15, 0.2) is 0 Å². The lowest BCUT2D eigenvalue weighted by atomic mass is 10.1. The van der Waals surface area contributed by atoms with Gasteiger partial charge in [-0.3, -0.25) is 0 Å². The average Bonchev–Trinajstić information content (AvgIpc) is 3.02. The summed E-state index contributed by atoms with van der Waals surface area (Å²) >= 11 is 0. The molecule has 3 rings (SSSR count). The van der Waals surface area contributed by atoms with Crippen LogP contribution in [0.25, 0.3) is 0 Å². The molecule has 0 amide bonds. The van der Waals surface area contributed by atoms with Crippen LogP contribution < -0.4 is 15.5 Å². The molecule has 6 nitrogen and oxygen atoms in total. The molecule has 0 radical (unpaired) electrons. The molecule has 6 heteroatoms. The average molecular weight is 262 g/mol. The standard InChI is InChI=1S/C13H22N6/c1-3-18(4-2)12-15-11(14)16-13(17-12)19-8-9-5-6-10(19)7-9/h9-10H,3-8H2,1-2H3,(H2,14,15,16,17). The zero-order chi connectivity index (χ0) is 13.4. The molecule has 1 aliphatic carbocycles. The molecule has 0 spiro atoms. The van der Waals surface area contributed by atoms with Crippen molar-refractivity contribution in [3.8, 4) is 0 Å². The van der Waals surface area contributed by atoms with E-state index in [0.29, 0.717) is 17.9 Å². The van der Waals surface area contributed by atoms with Gasteiger partial charge in [-0.15, -0.1) is 0 Å². The molecule has 1 aromatic heterocycles. The highest BCUT2D eigenvalue weighted by molar-refractivity contribution is 5.45. The van der Waals surface area contributed by atoms with Crippen LogP contribution in [0.2, 0.25) is 0 Å². The Labute approximate surface area is 114 Å². The number of nitrogens with zero attached hydrogens (tertiary/aromatic N) is 5. The summed E-state index contributed by atoms with van der Waals surface area (Å²) in [5.74, 6) is 2.62. The van der Waals surface area contributed by atoms with Crippen LogP contribution in [0.4, 0.5) is 17.8 Å². The van der Waals surface area contributed by atoms with Crippen LogP contribution in [0.1, 0.15) is 33.1 Å². The van der Waals surface area contributed by atoms with Crippen molar-refractivity contribution < 1.29 is 0 Å². The Bertz CT molecular complexity index is 458. The Morgan fingerprint density at radius 1 is 1.21 bits per heavy atom. The van der Waals surface area contributed by atoms with E-state index < -0.39 is 0 Å². The Morgan fingerprint density at radius 2 is 2.00 bits per heavy atom. The fourth-order valence-corrected chi connectivity index (χ4v) is 3.32. The summed E-state index contributed by atoms with van der Waals surface area (Å²) in [5, 5.41) is 0. The lowest BCUT2D eigenvalue weighted by molar-refractivity contribution is 0.546. The second-order valence-electron chi connectivity index (χ2n) is 5.45. The van der Waals surface area contributed by atoms with Gasteiger partial charge in [0.05, 0.1) is 0 Å². The van der Waals surface area contributed by atoms with Crippen LogP contribution in [0, 0.1) is 5.92 Å². The van der Waals surface area contributed by atoms with Crippen molar-refractivity contribution in [2.75, 3.05) is 35.2 Å². The predicted octanol–water partition coefficient (Wildman–Crippen LogP) is 1.29. The van der Waals surface area contributed by atoms with Crippen LogP contribution >= 0.6 is 0 Å². The molecule has 2 aliphatic rings. The lowest BCUT2D eigenvalue weighted by Crippen LogP contribution is -2.34. The van der Waals surface area contributed by atoms with Crippen LogP contribution in [-0.2, 0) is 0 Å². The van der Waals surface area contributed by atoms with Gasteiger partial charge in [0.15, 0.2) is 0 Å². The van der Waals surface area contributed by atoms with Crippen molar-refractivity contribution in [2.24, 2.45) is 5.92 Å². The maximum Gasteiger partial charge on any atom is 0.232 e. The molecule has 104 valence electrons. The number of aromatic nitrogens is 3. The van der Waals surface area contributed by atoms with Gasteiger partial charge in [0.1, 0.15) is 0 Å². The van der Waals surface area contributed by atoms with Gasteiger partial charge in [0.2, 0.25) is 17.8 Å². The first-order valence-electron chi connectivity index (χ1n) is 7.24. The molecule has 2 fully saturated rings. The van der Waals surface area contributed by atoms with E-state index in [9.17, 15) is 0 Å². The second kappa shape index (κ2) is 4.83. The van der Waals surface area contributed by atoms with E-state index in [4.69, 9.17) is 5.73 Å². The fourth-order valence-electron chi connectivity index (χ4n) is 3.32. The zero-order valence-corrected chi connectivity index (χ0v) is 11.7. The van der Waals surface area contributed by atoms with Gasteiger partial charge in [-0.2, -0.15) is 15.0 Å². The smallest absolute Gasteiger partial charge is 0.232 e. The van der Waals surface area contributed by atoms with E-state index in [2.05, 4.69) is 38.6 Å². The van der Waals surface area contributed by atoms with E-state index in [1.54, 1.807) is 0 Å². The first-order chi connectivity index (χ1) is 9.21. The molecular weight excluding hydrogens is 240 g/mol. The van der Waals surface area contributed by atoms with E-state index in [1.165, 1.54) is 19.3 Å². The van der Waals surface area contributed by atoms with E-state index in [0.717, 1.165) is 31.5 Å². The van der Waals surface area contributed by atoms with Gasteiger partial charge in [0, 0.05) is 25.7 Å². The maximum atomic E-state index is 5.86. The first-order valence-corrected chi connectivity index (χ1v) is 7.24. The van der Waals surface area contributed by atoms with Crippen molar-refractivity contribution in [1.82, 2.24) is 15.0 Å². The quantitative estimate of drug-likeness (QED) is 0.881. The highest BCUT2D eigenvalue weighted by atomic mass is 15.4. The molecule has 2 unspecified atom stereocenters. The fraction of sp³-hybridized carbons (Fsp3) is 0.769. The van der Waals surface area contributed by atoms with Gasteiger partial charge in [0.25, 0.3) is 0 Å². The van der Waals surface area contributed by atoms with Gasteiger partial charge < -0.3 is 15.5 Å². The van der Waals surface area contributed by atoms with Crippen LogP contribution in [0.3, 0.4) is 0 Å². The number of piperidine rings is 1. The third-order valence-corrected chi connectivity index (χ3v) is 4.34. The Hall–Kier alpha value is -1.59. The molecular formula is C13H22N6. The summed E-state index contributed by atoms with van der Waals surface area (Å²) < 4.78 is 0. The monoisotopic (exact) mass is 262 g/mol. The number of anilines is 3. The molecule has 2 heterocycles. The molecule has 19 heavy (non-hydrogen) atoms. The third kappa shape index (κ3) is 2.19. The zero-order valence-electron chi connectivity index (χ0n) is 11.7. The predicted molar refractivity (Wildman–Crippen MR) is 76.3 cm³/mol. The van der Waals surface area contributed by atoms with Gasteiger partial charge in [-0.1, -0.05) is 0 Å². The van der Waals surface area contributed by atoms with Crippen molar-refractivity contribution in [3.63, 3.8) is 0 Å². The highest BCUT2D eigenvalue weighted by Gasteiger charge is 2.39. The minimum Gasteiger partial charge on any atom is -0.368 e. The number of hydrogen-bond acceptors (Lipinski definition) is 6. The van der Waals surface area contributed by atoms with Crippen molar-refractivity contribution in [2.45, 2.75) is 39.2 Å². The topological polar surface area (TPSA) is 71.2 Å². The summed E-state index contributed by atoms with van der Waals surface area (Å²) in [7, 11) is 0. The summed E-state index contributed by atoms with van der Waals surface area (Å²) in [4.78, 5) is 17.7. The molecule has 2 atom stereocenters. The molecule has 2 N–H and O–H groups in total. The minimum absolute atomic E-state index is 0.328. The Balaban J connectivity index is 1.89. The first kappa shape index (κ1) is 12.4. The maximum absolute atomic E-state index is 5.86. The van der Waals surface area contributed by atoms with Gasteiger partial charge in [-0.25, -0.2) is 0 Å². The highest BCUT2D eigenvalue weighted by Crippen LogP contribution is 2.39. The van der Waals surface area contributed by atoms with Crippen LogP contribution in [-0.4, -0.2) is 40.6 Å². The number of rotatable bonds is 4. The van der Waals surface area contributed by atoms with Crippen LogP contribution in [0.5, 0.6) is 0 Å². The third-order valence-electron chi connectivity index (χ3n) is 4.34. The van der Waals surface area contributed by atoms with Crippen molar-refractivity contribution >= 4 is 17.8 Å². The molecule has 1 saturated carbocycles. The van der Waals surface area contributed by atoms with E-state index in [-0.39, 0.29) is 0 Å². The van der Waals surface area contributed by atoms with Gasteiger partial charge >= 0.3 is 0 Å². The number of nitrogen functional groups attached to an aromatic ring is 1. The summed E-state index contributed by atoms with van der Waals surface area (Å²) in [6.45, 7) is 7.03. The van der Waals surface area contributed by atoms with E-state index in [1.807, 2.05) is 0 Å². The van der Waals surface area contributed by atoms with Crippen molar-refractivity contribution in [1.29, 1.82) is 0 Å². The second-order valence-corrected chi connectivity index (χ2v) is 5.45. The number of fused-ring (bicyclic) bond motifs is 2. The SMILES string of the molecule is CCN(CC)c1nc(N)nc(N2CC3CCC2C3)n1. The summed E-state index contributed by atoms with van der Waals surface area (Å²) in [6, 6.07) is 0.608. The van der Waals surface area contributed by atoms with Crippen molar-refractivity contribution in [3.05, 3.63) is 0 Å². The molecule has 2 bridgehead atoms. The largest absolute Gasteiger partial charge is 0.368 e. The van der Waals surface area contributed by atoms with Gasteiger partial charge in [-0.05, 0) is 39.0 Å². The lowest BCUT2D eigenvalue weighted by Gasteiger charge is -2.28. The number of hydrogen-bond donors (Lipinski definition) is 1. The molecule has 1 aliphatic heterocycles. The molecule has 1 aromatic rings. The Morgan fingerprint density at radius 3 is 2.58 bits per heavy atom. The normalized spacial score (nSPS) is 25.1.